The summed E-state index contributed by atoms with van der Waals surface area (Å²) in [5.41, 5.74) is 0.753. The fourth-order valence-corrected chi connectivity index (χ4v) is 5.20. The maximum absolute atomic E-state index is 12.9. The van der Waals surface area contributed by atoms with Crippen molar-refractivity contribution in [2.45, 2.75) is 32.1 Å². The number of ether oxygens (including phenoxy) is 1. The highest BCUT2D eigenvalue weighted by Gasteiger charge is 2.31. The Balaban J connectivity index is 1.59. The molecule has 2 aromatic rings. The molecule has 0 saturated carbocycles. The molecule has 1 aliphatic heterocycles. The average molecular weight is 436 g/mol. The molecule has 2 atom stereocenters. The van der Waals surface area contributed by atoms with Gasteiger partial charge in [-0.2, -0.15) is 4.31 Å². The third-order valence-electron chi connectivity index (χ3n) is 4.79. The Morgan fingerprint density at radius 1 is 1.20 bits per heavy atom. The van der Waals surface area contributed by atoms with E-state index in [0.717, 1.165) is 6.42 Å². The van der Waals surface area contributed by atoms with E-state index in [2.05, 4.69) is 10.5 Å². The minimum Gasteiger partial charge on any atom is -0.452 e. The van der Waals surface area contributed by atoms with Gasteiger partial charge < -0.3 is 9.26 Å². The lowest BCUT2D eigenvalue weighted by Crippen LogP contribution is -2.42. The zero-order chi connectivity index (χ0) is 21.9. The molecule has 0 bridgehead atoms. The van der Waals surface area contributed by atoms with Crippen LogP contribution in [0.25, 0.3) is 0 Å². The van der Waals surface area contributed by atoms with Crippen LogP contribution in [0.2, 0.25) is 0 Å². The van der Waals surface area contributed by atoms with Gasteiger partial charge in [0, 0.05) is 19.2 Å². The van der Waals surface area contributed by atoms with Gasteiger partial charge in [0.05, 0.1) is 16.2 Å². The number of carbonyl (C=O) groups excluding carboxylic acids is 2. The van der Waals surface area contributed by atoms with Crippen LogP contribution >= 0.6 is 0 Å². The Morgan fingerprint density at radius 2 is 1.83 bits per heavy atom. The molecule has 9 nitrogen and oxygen atoms in total. The summed E-state index contributed by atoms with van der Waals surface area (Å²) in [4.78, 5) is 24.1. The zero-order valence-corrected chi connectivity index (χ0v) is 17.9. The summed E-state index contributed by atoms with van der Waals surface area (Å²) in [6, 6.07) is 7.05. The van der Waals surface area contributed by atoms with E-state index in [1.807, 2.05) is 13.8 Å². The van der Waals surface area contributed by atoms with Gasteiger partial charge in [-0.3, -0.25) is 10.1 Å². The van der Waals surface area contributed by atoms with E-state index < -0.39 is 28.5 Å². The van der Waals surface area contributed by atoms with Crippen molar-refractivity contribution in [2.75, 3.05) is 25.0 Å². The van der Waals surface area contributed by atoms with Gasteiger partial charge in [-0.05, 0) is 49.4 Å². The second-order valence-corrected chi connectivity index (χ2v) is 9.69. The SMILES string of the molecule is Cc1cc(NC(=O)COC(=O)c2ccc(S(=O)(=O)N3CC(C)CC(C)C3)cc2)on1. The van der Waals surface area contributed by atoms with Crippen molar-refractivity contribution in [3.05, 3.63) is 41.6 Å². The molecular weight excluding hydrogens is 410 g/mol. The first kappa shape index (κ1) is 22.0. The van der Waals surface area contributed by atoms with Crippen LogP contribution in [0.15, 0.2) is 39.8 Å². The number of benzene rings is 1. The number of anilines is 1. The first-order valence-electron chi connectivity index (χ1n) is 9.65. The summed E-state index contributed by atoms with van der Waals surface area (Å²) >= 11 is 0. The van der Waals surface area contributed by atoms with Gasteiger partial charge in [-0.1, -0.05) is 19.0 Å². The molecule has 1 aliphatic rings. The van der Waals surface area contributed by atoms with Crippen molar-refractivity contribution in [3.8, 4) is 0 Å². The molecule has 1 N–H and O–H groups in total. The predicted octanol–water partition coefficient (Wildman–Crippen LogP) is 2.45. The van der Waals surface area contributed by atoms with E-state index in [4.69, 9.17) is 9.26 Å². The summed E-state index contributed by atoms with van der Waals surface area (Å²) in [5.74, 6) is -0.561. The fourth-order valence-electron chi connectivity index (χ4n) is 3.52. The fraction of sp³-hybridized carbons (Fsp3) is 0.450. The Morgan fingerprint density at radius 3 is 2.40 bits per heavy atom. The van der Waals surface area contributed by atoms with Crippen molar-refractivity contribution in [1.29, 1.82) is 0 Å². The second kappa shape index (κ2) is 8.97. The number of aryl methyl sites for hydroxylation is 1. The summed E-state index contributed by atoms with van der Waals surface area (Å²) in [7, 11) is -3.63. The van der Waals surface area contributed by atoms with Crippen molar-refractivity contribution in [3.63, 3.8) is 0 Å². The molecule has 10 heteroatoms. The quantitative estimate of drug-likeness (QED) is 0.692. The highest BCUT2D eigenvalue weighted by Crippen LogP contribution is 2.26. The van der Waals surface area contributed by atoms with Crippen LogP contribution in [0.5, 0.6) is 0 Å². The minimum atomic E-state index is -3.63. The van der Waals surface area contributed by atoms with Crippen LogP contribution in [-0.4, -0.2) is 49.5 Å². The Bertz CT molecular complexity index is 1010. The molecular formula is C20H25N3O6S. The molecule has 1 saturated heterocycles. The van der Waals surface area contributed by atoms with Crippen LogP contribution in [-0.2, 0) is 19.6 Å². The summed E-state index contributed by atoms with van der Waals surface area (Å²) in [5, 5.41) is 6.04. The van der Waals surface area contributed by atoms with Gasteiger partial charge in [-0.25, -0.2) is 13.2 Å². The van der Waals surface area contributed by atoms with E-state index in [9.17, 15) is 18.0 Å². The van der Waals surface area contributed by atoms with Crippen molar-refractivity contribution >= 4 is 27.8 Å². The maximum Gasteiger partial charge on any atom is 0.338 e. The van der Waals surface area contributed by atoms with E-state index in [0.29, 0.717) is 30.6 Å². The second-order valence-electron chi connectivity index (χ2n) is 7.75. The van der Waals surface area contributed by atoms with Crippen LogP contribution in [0.1, 0.15) is 36.3 Å². The van der Waals surface area contributed by atoms with E-state index in [-0.39, 0.29) is 16.3 Å². The molecule has 3 rings (SSSR count). The highest BCUT2D eigenvalue weighted by atomic mass is 32.2. The molecule has 162 valence electrons. The molecule has 0 radical (unpaired) electrons. The lowest BCUT2D eigenvalue weighted by atomic mass is 9.94. The molecule has 30 heavy (non-hydrogen) atoms. The number of amides is 1. The molecule has 0 spiro atoms. The van der Waals surface area contributed by atoms with E-state index >= 15 is 0 Å². The largest absolute Gasteiger partial charge is 0.452 e. The first-order valence-corrected chi connectivity index (χ1v) is 11.1. The smallest absolute Gasteiger partial charge is 0.338 e. The number of aromatic nitrogens is 1. The molecule has 1 amide bonds. The molecule has 0 aliphatic carbocycles. The lowest BCUT2D eigenvalue weighted by molar-refractivity contribution is -0.119. The number of piperidine rings is 1. The number of hydrogen-bond donors (Lipinski definition) is 1. The molecule has 1 aromatic carbocycles. The summed E-state index contributed by atoms with van der Waals surface area (Å²) in [6.45, 7) is 6.23. The Labute approximate surface area is 175 Å². The third kappa shape index (κ3) is 5.25. The van der Waals surface area contributed by atoms with Crippen molar-refractivity contribution < 1.29 is 27.3 Å². The number of esters is 1. The average Bonchev–Trinajstić information content (AvgIpc) is 3.10. The predicted molar refractivity (Wildman–Crippen MR) is 108 cm³/mol. The number of rotatable bonds is 6. The lowest BCUT2D eigenvalue weighted by Gasteiger charge is -2.34. The van der Waals surface area contributed by atoms with E-state index in [1.165, 1.54) is 34.6 Å². The monoisotopic (exact) mass is 435 g/mol. The van der Waals surface area contributed by atoms with Gasteiger partial charge in [0.2, 0.25) is 15.9 Å². The third-order valence-corrected chi connectivity index (χ3v) is 6.63. The number of nitrogens with one attached hydrogen (secondary N) is 1. The first-order chi connectivity index (χ1) is 14.1. The molecule has 1 fully saturated rings. The summed E-state index contributed by atoms with van der Waals surface area (Å²) < 4.78 is 37.1. The zero-order valence-electron chi connectivity index (χ0n) is 17.1. The van der Waals surface area contributed by atoms with Crippen LogP contribution in [0.3, 0.4) is 0 Å². The van der Waals surface area contributed by atoms with Crippen LogP contribution in [0, 0.1) is 18.8 Å². The molecule has 1 aromatic heterocycles. The van der Waals surface area contributed by atoms with Crippen molar-refractivity contribution in [2.24, 2.45) is 11.8 Å². The molecule has 2 heterocycles. The minimum absolute atomic E-state index is 0.124. The van der Waals surface area contributed by atoms with E-state index in [1.54, 1.807) is 6.92 Å². The Hall–Kier alpha value is -2.72. The highest BCUT2D eigenvalue weighted by molar-refractivity contribution is 7.89. The standard InChI is InChI=1S/C20H25N3O6S/c1-13-8-14(2)11-23(10-13)30(26,27)17-6-4-16(5-7-17)20(25)28-12-18(24)21-19-9-15(3)22-29-19/h4-7,9,13-14H,8,10-12H2,1-3H3,(H,21,24). The normalized spacial score (nSPS) is 20.0. The number of carbonyl (C=O) groups is 2. The van der Waals surface area contributed by atoms with Crippen LogP contribution in [0.4, 0.5) is 5.88 Å². The van der Waals surface area contributed by atoms with Crippen LogP contribution < -0.4 is 5.32 Å². The number of hydrogen-bond acceptors (Lipinski definition) is 7. The van der Waals surface area contributed by atoms with Gasteiger partial charge in [-0.15, -0.1) is 0 Å². The van der Waals surface area contributed by atoms with Gasteiger partial charge in [0.25, 0.3) is 5.91 Å². The maximum atomic E-state index is 12.9. The van der Waals surface area contributed by atoms with Gasteiger partial charge in [0.1, 0.15) is 0 Å². The summed E-state index contributed by atoms with van der Waals surface area (Å²) in [6.07, 6.45) is 1.00. The Kier molecular flexibility index (Phi) is 6.57. The van der Waals surface area contributed by atoms with Crippen molar-refractivity contribution in [1.82, 2.24) is 9.46 Å². The topological polar surface area (TPSA) is 119 Å². The molecule has 2 unspecified atom stereocenters. The number of nitrogens with zero attached hydrogens (tertiary/aromatic N) is 2. The number of sulfonamides is 1. The van der Waals surface area contributed by atoms with Gasteiger partial charge >= 0.3 is 5.97 Å². The van der Waals surface area contributed by atoms with Gasteiger partial charge in [0.15, 0.2) is 6.61 Å².